The minimum Gasteiger partial charge on any atom is -0.369 e. The third-order valence-electron chi connectivity index (χ3n) is 4.88. The predicted molar refractivity (Wildman–Crippen MR) is 88.6 cm³/mol. The third kappa shape index (κ3) is 4.32. The van der Waals surface area contributed by atoms with Crippen LogP contribution in [0.4, 0.5) is 0 Å². The Balaban J connectivity index is 1.52. The van der Waals surface area contributed by atoms with E-state index in [1.165, 1.54) is 12.8 Å². The highest BCUT2D eigenvalue weighted by Gasteiger charge is 2.33. The van der Waals surface area contributed by atoms with Gasteiger partial charge in [0.25, 0.3) is 0 Å². The van der Waals surface area contributed by atoms with E-state index >= 15 is 0 Å². The van der Waals surface area contributed by atoms with Crippen LogP contribution in [0.15, 0.2) is 30.3 Å². The lowest BCUT2D eigenvalue weighted by atomic mass is 9.95. The van der Waals surface area contributed by atoms with E-state index in [0.29, 0.717) is 6.42 Å². The van der Waals surface area contributed by atoms with E-state index in [0.717, 1.165) is 37.8 Å². The van der Waals surface area contributed by atoms with Crippen molar-refractivity contribution >= 4 is 11.8 Å². The molecule has 2 aliphatic rings. The van der Waals surface area contributed by atoms with Crippen molar-refractivity contribution in [3.05, 3.63) is 35.9 Å². The summed E-state index contributed by atoms with van der Waals surface area (Å²) in [5, 5.41) is 0. The van der Waals surface area contributed by atoms with Gasteiger partial charge in [0.05, 0.1) is 5.92 Å². The fraction of sp³-hybridized carbons (Fsp3) is 0.556. The quantitative estimate of drug-likeness (QED) is 0.852. The summed E-state index contributed by atoms with van der Waals surface area (Å²) in [5.74, 6) is -0.759. The zero-order chi connectivity index (χ0) is 16.2. The van der Waals surface area contributed by atoms with Crippen molar-refractivity contribution in [2.24, 2.45) is 11.7 Å². The van der Waals surface area contributed by atoms with Crippen molar-refractivity contribution < 1.29 is 9.59 Å². The first-order chi connectivity index (χ1) is 11.1. The van der Waals surface area contributed by atoms with Gasteiger partial charge in [-0.05, 0) is 24.8 Å². The molecule has 1 aromatic rings. The summed E-state index contributed by atoms with van der Waals surface area (Å²) in [6.45, 7) is 3.45. The number of amides is 2. The topological polar surface area (TPSA) is 66.6 Å². The summed E-state index contributed by atoms with van der Waals surface area (Å²) in [7, 11) is 0. The van der Waals surface area contributed by atoms with E-state index in [9.17, 15) is 9.59 Å². The van der Waals surface area contributed by atoms with Gasteiger partial charge in [-0.3, -0.25) is 14.5 Å². The van der Waals surface area contributed by atoms with Crippen LogP contribution < -0.4 is 5.73 Å². The first-order valence-corrected chi connectivity index (χ1v) is 8.48. The minimum absolute atomic E-state index is 0.0557. The fourth-order valence-corrected chi connectivity index (χ4v) is 3.29. The van der Waals surface area contributed by atoms with Crippen molar-refractivity contribution in [1.29, 1.82) is 0 Å². The Morgan fingerprint density at radius 3 is 2.30 bits per heavy atom. The monoisotopic (exact) mass is 315 g/mol. The standard InChI is InChI=1S/C18H25N3O2/c19-18(23)15(12-14-4-2-1-3-5-14)13-17(22)21-10-8-20(9-11-21)16-6-7-16/h1-5,15-16H,6-13H2,(H2,19,23)/t15-/m1/s1. The number of carbonyl (C=O) groups is 2. The Morgan fingerprint density at radius 2 is 1.74 bits per heavy atom. The molecule has 0 spiro atoms. The normalized spacial score (nSPS) is 20.3. The summed E-state index contributed by atoms with van der Waals surface area (Å²) in [6, 6.07) is 10.5. The number of nitrogens with zero attached hydrogens (tertiary/aromatic N) is 2. The van der Waals surface area contributed by atoms with E-state index in [-0.39, 0.29) is 18.2 Å². The van der Waals surface area contributed by atoms with Crippen LogP contribution in [0, 0.1) is 5.92 Å². The zero-order valence-corrected chi connectivity index (χ0v) is 13.5. The van der Waals surface area contributed by atoms with Crippen LogP contribution in [-0.4, -0.2) is 53.8 Å². The molecule has 124 valence electrons. The predicted octanol–water partition coefficient (Wildman–Crippen LogP) is 1.03. The Labute approximate surface area is 137 Å². The molecule has 0 bridgehead atoms. The molecular weight excluding hydrogens is 290 g/mol. The van der Waals surface area contributed by atoms with E-state index < -0.39 is 5.92 Å². The van der Waals surface area contributed by atoms with Crippen LogP contribution in [0.3, 0.4) is 0 Å². The van der Waals surface area contributed by atoms with Crippen molar-refractivity contribution in [2.45, 2.75) is 31.7 Å². The summed E-state index contributed by atoms with van der Waals surface area (Å²) in [5.41, 5.74) is 6.56. The SMILES string of the molecule is NC(=O)[C@@H](CC(=O)N1CCN(C2CC2)CC1)Cc1ccccc1. The summed E-state index contributed by atoms with van der Waals surface area (Å²) < 4.78 is 0. The molecule has 0 radical (unpaired) electrons. The van der Waals surface area contributed by atoms with Gasteiger partial charge in [0.15, 0.2) is 0 Å². The molecule has 2 fully saturated rings. The highest BCUT2D eigenvalue weighted by molar-refractivity contribution is 5.85. The molecule has 0 unspecified atom stereocenters. The molecule has 23 heavy (non-hydrogen) atoms. The molecule has 1 aliphatic carbocycles. The van der Waals surface area contributed by atoms with Crippen LogP contribution in [0.2, 0.25) is 0 Å². The number of rotatable bonds is 6. The molecule has 3 rings (SSSR count). The second-order valence-corrected chi connectivity index (χ2v) is 6.64. The van der Waals surface area contributed by atoms with E-state index in [4.69, 9.17) is 5.73 Å². The number of primary amides is 1. The van der Waals surface area contributed by atoms with Crippen LogP contribution in [0.1, 0.15) is 24.8 Å². The Bertz CT molecular complexity index is 549. The lowest BCUT2D eigenvalue weighted by molar-refractivity contribution is -0.136. The van der Waals surface area contributed by atoms with Gasteiger partial charge in [-0.15, -0.1) is 0 Å². The molecule has 1 aromatic carbocycles. The van der Waals surface area contributed by atoms with Gasteiger partial charge < -0.3 is 10.6 Å². The summed E-state index contributed by atoms with van der Waals surface area (Å²) in [4.78, 5) is 28.6. The van der Waals surface area contributed by atoms with Gasteiger partial charge in [0.1, 0.15) is 0 Å². The number of hydrogen-bond donors (Lipinski definition) is 1. The second-order valence-electron chi connectivity index (χ2n) is 6.64. The van der Waals surface area contributed by atoms with E-state index in [1.54, 1.807) is 0 Å². The smallest absolute Gasteiger partial charge is 0.223 e. The molecule has 5 nitrogen and oxygen atoms in total. The van der Waals surface area contributed by atoms with Gasteiger partial charge >= 0.3 is 0 Å². The van der Waals surface area contributed by atoms with Crippen molar-refractivity contribution in [3.63, 3.8) is 0 Å². The lowest BCUT2D eigenvalue weighted by Crippen LogP contribution is -2.50. The Hall–Kier alpha value is -1.88. The maximum absolute atomic E-state index is 12.5. The first-order valence-electron chi connectivity index (χ1n) is 8.48. The highest BCUT2D eigenvalue weighted by atomic mass is 16.2. The first kappa shape index (κ1) is 16.0. The molecular formula is C18H25N3O2. The van der Waals surface area contributed by atoms with Crippen molar-refractivity contribution in [2.75, 3.05) is 26.2 Å². The molecule has 1 saturated carbocycles. The Kier molecular flexibility index (Phi) is 4.96. The summed E-state index contributed by atoms with van der Waals surface area (Å²) >= 11 is 0. The van der Waals surface area contributed by atoms with Gasteiger partial charge in [0, 0.05) is 38.6 Å². The third-order valence-corrected chi connectivity index (χ3v) is 4.88. The van der Waals surface area contributed by atoms with E-state index in [1.807, 2.05) is 35.2 Å². The maximum atomic E-state index is 12.5. The average Bonchev–Trinajstić information content (AvgIpc) is 3.40. The van der Waals surface area contributed by atoms with Crippen LogP contribution in [0.25, 0.3) is 0 Å². The molecule has 1 atom stereocenters. The molecule has 0 aromatic heterocycles. The van der Waals surface area contributed by atoms with Crippen molar-refractivity contribution in [3.8, 4) is 0 Å². The highest BCUT2D eigenvalue weighted by Crippen LogP contribution is 2.27. The summed E-state index contributed by atoms with van der Waals surface area (Å²) in [6.07, 6.45) is 3.35. The van der Waals surface area contributed by atoms with E-state index in [2.05, 4.69) is 4.90 Å². The average molecular weight is 315 g/mol. The molecule has 2 N–H and O–H groups in total. The van der Waals surface area contributed by atoms with Gasteiger partial charge in [0.2, 0.25) is 11.8 Å². The number of carbonyl (C=O) groups excluding carboxylic acids is 2. The number of hydrogen-bond acceptors (Lipinski definition) is 3. The number of benzene rings is 1. The lowest BCUT2D eigenvalue weighted by Gasteiger charge is -2.35. The molecule has 1 heterocycles. The molecule has 1 aliphatic heterocycles. The van der Waals surface area contributed by atoms with Crippen LogP contribution in [-0.2, 0) is 16.0 Å². The second kappa shape index (κ2) is 7.13. The molecule has 2 amide bonds. The van der Waals surface area contributed by atoms with Crippen molar-refractivity contribution in [1.82, 2.24) is 9.80 Å². The molecule has 5 heteroatoms. The maximum Gasteiger partial charge on any atom is 0.223 e. The number of nitrogens with two attached hydrogens (primary N) is 1. The van der Waals surface area contributed by atoms with Gasteiger partial charge in [-0.25, -0.2) is 0 Å². The van der Waals surface area contributed by atoms with Crippen LogP contribution in [0.5, 0.6) is 0 Å². The Morgan fingerprint density at radius 1 is 1.09 bits per heavy atom. The van der Waals surface area contributed by atoms with Gasteiger partial charge in [-0.2, -0.15) is 0 Å². The zero-order valence-electron chi connectivity index (χ0n) is 13.5. The van der Waals surface area contributed by atoms with Gasteiger partial charge in [-0.1, -0.05) is 30.3 Å². The fourth-order valence-electron chi connectivity index (χ4n) is 3.29. The number of piperazine rings is 1. The largest absolute Gasteiger partial charge is 0.369 e. The minimum atomic E-state index is -0.425. The van der Waals surface area contributed by atoms with Crippen LogP contribution >= 0.6 is 0 Å². The molecule has 1 saturated heterocycles.